The number of nitrogens with two attached hydrogens (primary N) is 1. The van der Waals surface area contributed by atoms with Gasteiger partial charge in [0.15, 0.2) is 0 Å². The summed E-state index contributed by atoms with van der Waals surface area (Å²) in [5.74, 6) is -0.916. The molecular formula is C16H15N2O2+. The Kier molecular flexibility index (Phi) is 2.88. The molecule has 20 heavy (non-hydrogen) atoms. The van der Waals surface area contributed by atoms with E-state index in [9.17, 15) is 9.90 Å². The number of para-hydroxylation sites is 1. The molecule has 3 N–H and O–H groups in total. The van der Waals surface area contributed by atoms with E-state index in [0.29, 0.717) is 12.1 Å². The van der Waals surface area contributed by atoms with Gasteiger partial charge in [-0.25, -0.2) is 4.79 Å². The smallest absolute Gasteiger partial charge is 0.337 e. The molecule has 0 aliphatic carbocycles. The molecule has 0 aliphatic heterocycles. The van der Waals surface area contributed by atoms with E-state index < -0.39 is 5.97 Å². The molecule has 1 aromatic heterocycles. The van der Waals surface area contributed by atoms with Crippen molar-refractivity contribution in [1.82, 2.24) is 0 Å². The summed E-state index contributed by atoms with van der Waals surface area (Å²) in [5, 5.41) is 11.1. The molecule has 3 rings (SSSR count). The Morgan fingerprint density at radius 3 is 2.55 bits per heavy atom. The minimum absolute atomic E-state index is 0.337. The molecule has 3 aromatic rings. The van der Waals surface area contributed by atoms with Crippen molar-refractivity contribution in [3.8, 4) is 0 Å². The number of hydrogen-bond acceptors (Lipinski definition) is 2. The van der Waals surface area contributed by atoms with Gasteiger partial charge in [-0.05, 0) is 17.7 Å². The second-order valence-electron chi connectivity index (χ2n) is 4.81. The van der Waals surface area contributed by atoms with Crippen molar-refractivity contribution >= 4 is 27.8 Å². The van der Waals surface area contributed by atoms with Gasteiger partial charge >= 0.3 is 5.97 Å². The molecule has 0 spiro atoms. The molecule has 0 bridgehead atoms. The zero-order chi connectivity index (χ0) is 14.3. The van der Waals surface area contributed by atoms with Gasteiger partial charge in [-0.15, -0.1) is 0 Å². The largest absolute Gasteiger partial charge is 0.478 e. The van der Waals surface area contributed by atoms with Gasteiger partial charge in [0.25, 0.3) is 0 Å². The van der Waals surface area contributed by atoms with Gasteiger partial charge in [-0.1, -0.05) is 18.2 Å². The number of nitrogens with zero attached hydrogens (tertiary/aromatic N) is 1. The van der Waals surface area contributed by atoms with E-state index in [-0.39, 0.29) is 0 Å². The average molecular weight is 267 g/mol. The molecule has 0 saturated heterocycles. The predicted octanol–water partition coefficient (Wildman–Crippen LogP) is 1.97. The van der Waals surface area contributed by atoms with Gasteiger partial charge in [0.1, 0.15) is 7.05 Å². The van der Waals surface area contributed by atoms with Crippen LogP contribution in [0, 0.1) is 0 Å². The van der Waals surface area contributed by atoms with Crippen molar-refractivity contribution in [3.05, 3.63) is 53.6 Å². The number of aromatic nitrogens is 1. The summed E-state index contributed by atoms with van der Waals surface area (Å²) < 4.78 is 2.01. The number of pyridine rings is 1. The van der Waals surface area contributed by atoms with Crippen molar-refractivity contribution < 1.29 is 14.5 Å². The maximum absolute atomic E-state index is 11.7. The van der Waals surface area contributed by atoms with Crippen molar-refractivity contribution in [2.75, 3.05) is 0 Å². The summed E-state index contributed by atoms with van der Waals surface area (Å²) >= 11 is 0. The third-order valence-corrected chi connectivity index (χ3v) is 3.68. The minimum atomic E-state index is -0.916. The number of benzene rings is 2. The number of fused-ring (bicyclic) bond motifs is 2. The third kappa shape index (κ3) is 1.73. The van der Waals surface area contributed by atoms with Gasteiger partial charge in [0.05, 0.1) is 16.3 Å². The fraction of sp³-hybridized carbons (Fsp3) is 0.125. The number of carboxylic acid groups (broad SMARTS) is 1. The van der Waals surface area contributed by atoms with Crippen LogP contribution in [0.1, 0.15) is 15.9 Å². The molecule has 0 amide bonds. The second-order valence-corrected chi connectivity index (χ2v) is 4.81. The summed E-state index contributed by atoms with van der Waals surface area (Å²) in [6.45, 7) is 0.394. The molecule has 4 nitrogen and oxygen atoms in total. The Morgan fingerprint density at radius 1 is 1.15 bits per heavy atom. The Labute approximate surface area is 116 Å². The normalized spacial score (nSPS) is 11.1. The number of aromatic carboxylic acids is 1. The first-order valence-electron chi connectivity index (χ1n) is 6.40. The van der Waals surface area contributed by atoms with E-state index in [1.807, 2.05) is 54.1 Å². The number of aryl methyl sites for hydroxylation is 1. The topological polar surface area (TPSA) is 67.2 Å². The van der Waals surface area contributed by atoms with E-state index in [4.69, 9.17) is 5.73 Å². The van der Waals surface area contributed by atoms with Crippen molar-refractivity contribution in [1.29, 1.82) is 0 Å². The maximum atomic E-state index is 11.7. The molecule has 0 aliphatic rings. The zero-order valence-electron chi connectivity index (χ0n) is 11.1. The lowest BCUT2D eigenvalue weighted by molar-refractivity contribution is -0.617. The first-order valence-corrected chi connectivity index (χ1v) is 6.40. The Morgan fingerprint density at radius 2 is 1.85 bits per heavy atom. The lowest BCUT2D eigenvalue weighted by atomic mass is 10.0. The lowest BCUT2D eigenvalue weighted by Gasteiger charge is -2.08. The number of hydrogen-bond donors (Lipinski definition) is 2. The van der Waals surface area contributed by atoms with Crippen LogP contribution in [-0.2, 0) is 13.6 Å². The third-order valence-electron chi connectivity index (χ3n) is 3.68. The predicted molar refractivity (Wildman–Crippen MR) is 77.5 cm³/mol. The van der Waals surface area contributed by atoms with Gasteiger partial charge in [0.2, 0.25) is 11.0 Å². The minimum Gasteiger partial charge on any atom is -0.478 e. The van der Waals surface area contributed by atoms with Gasteiger partial charge in [0, 0.05) is 18.7 Å². The zero-order valence-corrected chi connectivity index (χ0v) is 11.1. The van der Waals surface area contributed by atoms with Gasteiger partial charge in [-0.3, -0.25) is 0 Å². The maximum Gasteiger partial charge on any atom is 0.337 e. The highest BCUT2D eigenvalue weighted by atomic mass is 16.4. The number of rotatable bonds is 2. The van der Waals surface area contributed by atoms with Crippen LogP contribution in [0.25, 0.3) is 21.8 Å². The lowest BCUT2D eigenvalue weighted by Crippen LogP contribution is -2.31. The van der Waals surface area contributed by atoms with Crippen molar-refractivity contribution in [3.63, 3.8) is 0 Å². The Balaban J connectivity index is 2.59. The molecule has 4 heteroatoms. The van der Waals surface area contributed by atoms with Crippen LogP contribution in [0.15, 0.2) is 42.5 Å². The molecule has 1 heterocycles. The van der Waals surface area contributed by atoms with Crippen LogP contribution < -0.4 is 10.3 Å². The first kappa shape index (κ1) is 12.6. The highest BCUT2D eigenvalue weighted by Gasteiger charge is 2.21. The molecule has 2 aromatic carbocycles. The fourth-order valence-electron chi connectivity index (χ4n) is 2.69. The quantitative estimate of drug-likeness (QED) is 0.551. The molecule has 0 atom stereocenters. The summed E-state index contributed by atoms with van der Waals surface area (Å²) in [5.41, 5.74) is 8.71. The van der Waals surface area contributed by atoms with Gasteiger partial charge in [-0.2, -0.15) is 4.57 Å². The van der Waals surface area contributed by atoms with Crippen LogP contribution in [-0.4, -0.2) is 11.1 Å². The number of carboxylic acids is 1. The van der Waals surface area contributed by atoms with E-state index >= 15 is 0 Å². The molecule has 0 fully saturated rings. The van der Waals surface area contributed by atoms with Crippen molar-refractivity contribution in [2.24, 2.45) is 12.8 Å². The second kappa shape index (κ2) is 4.58. The monoisotopic (exact) mass is 267 g/mol. The summed E-state index contributed by atoms with van der Waals surface area (Å²) in [6.07, 6.45) is 0. The molecule has 0 unspecified atom stereocenters. The van der Waals surface area contributed by atoms with E-state index in [1.54, 1.807) is 0 Å². The summed E-state index contributed by atoms with van der Waals surface area (Å²) in [6, 6.07) is 13.3. The summed E-state index contributed by atoms with van der Waals surface area (Å²) in [7, 11) is 1.94. The fourth-order valence-corrected chi connectivity index (χ4v) is 2.69. The van der Waals surface area contributed by atoms with E-state index in [2.05, 4.69) is 0 Å². The molecule has 0 saturated carbocycles. The first-order chi connectivity index (χ1) is 9.63. The summed E-state index contributed by atoms with van der Waals surface area (Å²) in [4.78, 5) is 11.7. The standard InChI is InChI=1S/C16H14N2O2/c1-18-13-5-3-2-4-11(13)15(16(19)20)12-8-10(9-17)6-7-14(12)18/h2-8H,9,17H2,1H3/p+1. The van der Waals surface area contributed by atoms with Gasteiger partial charge < -0.3 is 10.8 Å². The molecular weight excluding hydrogens is 252 g/mol. The van der Waals surface area contributed by atoms with E-state index in [0.717, 1.165) is 27.4 Å². The molecule has 100 valence electrons. The van der Waals surface area contributed by atoms with Crippen LogP contribution >= 0.6 is 0 Å². The Hall–Kier alpha value is -2.46. The number of carbonyl (C=O) groups is 1. The van der Waals surface area contributed by atoms with Crippen LogP contribution in [0.3, 0.4) is 0 Å². The van der Waals surface area contributed by atoms with Crippen LogP contribution in [0.5, 0.6) is 0 Å². The average Bonchev–Trinajstić information content (AvgIpc) is 2.46. The SMILES string of the molecule is C[n+]1c2ccccc2c(C(=O)O)c2cc(CN)ccc21. The van der Waals surface area contributed by atoms with Crippen LogP contribution in [0.2, 0.25) is 0 Å². The highest BCUT2D eigenvalue weighted by molar-refractivity contribution is 6.12. The Bertz CT molecular complexity index is 841. The van der Waals surface area contributed by atoms with E-state index in [1.165, 1.54) is 0 Å². The highest BCUT2D eigenvalue weighted by Crippen LogP contribution is 2.25. The van der Waals surface area contributed by atoms with Crippen molar-refractivity contribution in [2.45, 2.75) is 6.54 Å². The van der Waals surface area contributed by atoms with Crippen LogP contribution in [0.4, 0.5) is 0 Å². The molecule has 0 radical (unpaired) electrons.